The van der Waals surface area contributed by atoms with Crippen LogP contribution in [0.15, 0.2) is 36.7 Å². The van der Waals surface area contributed by atoms with E-state index in [0.717, 1.165) is 37.0 Å². The average Bonchev–Trinajstić information content (AvgIpc) is 2.88. The van der Waals surface area contributed by atoms with Gasteiger partial charge in [-0.3, -0.25) is 4.90 Å². The number of nitrogens with zero attached hydrogens (tertiary/aromatic N) is 3. The normalized spacial score (nSPS) is 19.2. The monoisotopic (exact) mass is 326 g/mol. The van der Waals surface area contributed by atoms with Gasteiger partial charge in [-0.2, -0.15) is 0 Å². The molecule has 0 aliphatic carbocycles. The van der Waals surface area contributed by atoms with Crippen LogP contribution in [0.3, 0.4) is 0 Å². The number of rotatable bonds is 3. The predicted octanol–water partition coefficient (Wildman–Crippen LogP) is 2.64. The Morgan fingerprint density at radius 1 is 1.33 bits per heavy atom. The largest absolute Gasteiger partial charge is 0.337 e. The fraction of sp³-hybridized carbons (Fsp3) is 0.400. The number of halogens is 2. The summed E-state index contributed by atoms with van der Waals surface area (Å²) in [5.74, 6) is 1.12. The van der Waals surface area contributed by atoms with Crippen molar-refractivity contribution in [2.45, 2.75) is 12.6 Å². The molecule has 0 radical (unpaired) electrons. The molecular formula is C15H20Cl2N4. The molecule has 2 aromatic rings. The molecule has 0 amide bonds. The molecule has 0 bridgehead atoms. The average molecular weight is 327 g/mol. The van der Waals surface area contributed by atoms with Crippen LogP contribution in [0.5, 0.6) is 0 Å². The molecule has 1 aromatic heterocycles. The Bertz CT molecular complexity index is 567. The zero-order valence-electron chi connectivity index (χ0n) is 12.0. The van der Waals surface area contributed by atoms with E-state index < -0.39 is 0 Å². The first-order valence-corrected chi connectivity index (χ1v) is 7.28. The Kier molecular flexibility index (Phi) is 5.65. The Balaban J connectivity index is 0.00000161. The quantitative estimate of drug-likeness (QED) is 0.941. The van der Waals surface area contributed by atoms with E-state index in [0.29, 0.717) is 6.04 Å². The molecule has 1 N–H and O–H groups in total. The number of hydrogen-bond acceptors (Lipinski definition) is 3. The van der Waals surface area contributed by atoms with Crippen molar-refractivity contribution in [1.29, 1.82) is 0 Å². The summed E-state index contributed by atoms with van der Waals surface area (Å²) in [7, 11) is 2.05. The molecule has 1 aliphatic rings. The lowest BCUT2D eigenvalue weighted by atomic mass is 10.1. The molecule has 21 heavy (non-hydrogen) atoms. The van der Waals surface area contributed by atoms with Crippen LogP contribution in [0.2, 0.25) is 5.02 Å². The summed E-state index contributed by atoms with van der Waals surface area (Å²) in [6.45, 7) is 3.92. The molecule has 1 saturated heterocycles. The number of piperazine rings is 1. The summed E-state index contributed by atoms with van der Waals surface area (Å²) in [6.07, 6.45) is 3.87. The number of aromatic nitrogens is 2. The highest BCUT2D eigenvalue weighted by molar-refractivity contribution is 6.30. The lowest BCUT2D eigenvalue weighted by molar-refractivity contribution is 0.145. The molecule has 1 fully saturated rings. The van der Waals surface area contributed by atoms with Crippen molar-refractivity contribution in [2.75, 3.05) is 19.6 Å². The van der Waals surface area contributed by atoms with Crippen LogP contribution in [0.25, 0.3) is 0 Å². The van der Waals surface area contributed by atoms with Gasteiger partial charge < -0.3 is 9.88 Å². The second-order valence-electron chi connectivity index (χ2n) is 5.21. The fourth-order valence-corrected chi connectivity index (χ4v) is 2.84. The standard InChI is InChI=1S/C15H19ClN4.ClH/c1-19-8-7-18-15(19)14-10-17-6-9-20(14)11-12-2-4-13(16)5-3-12;/h2-5,7-8,14,17H,6,9-11H2,1H3;1H. The van der Waals surface area contributed by atoms with Crippen molar-refractivity contribution in [3.8, 4) is 0 Å². The molecule has 0 spiro atoms. The van der Waals surface area contributed by atoms with E-state index in [1.807, 2.05) is 24.5 Å². The third-order valence-electron chi connectivity index (χ3n) is 3.81. The third kappa shape index (κ3) is 3.77. The van der Waals surface area contributed by atoms with Crippen molar-refractivity contribution in [1.82, 2.24) is 19.8 Å². The van der Waals surface area contributed by atoms with E-state index in [4.69, 9.17) is 11.6 Å². The van der Waals surface area contributed by atoms with E-state index in [1.54, 1.807) is 0 Å². The molecule has 1 unspecified atom stereocenters. The summed E-state index contributed by atoms with van der Waals surface area (Å²) in [6, 6.07) is 8.42. The van der Waals surface area contributed by atoms with Gasteiger partial charge in [0.1, 0.15) is 5.82 Å². The Hall–Kier alpha value is -1.07. The summed E-state index contributed by atoms with van der Waals surface area (Å²) in [5, 5.41) is 4.25. The molecule has 6 heteroatoms. The van der Waals surface area contributed by atoms with Crippen LogP contribution in [0, 0.1) is 0 Å². The summed E-state index contributed by atoms with van der Waals surface area (Å²) in [4.78, 5) is 6.98. The molecule has 4 nitrogen and oxygen atoms in total. The number of nitrogens with one attached hydrogen (secondary N) is 1. The van der Waals surface area contributed by atoms with Crippen molar-refractivity contribution in [2.24, 2.45) is 7.05 Å². The van der Waals surface area contributed by atoms with Gasteiger partial charge in [-0.15, -0.1) is 12.4 Å². The fourth-order valence-electron chi connectivity index (χ4n) is 2.71. The Morgan fingerprint density at radius 2 is 2.10 bits per heavy atom. The van der Waals surface area contributed by atoms with Gasteiger partial charge in [0.15, 0.2) is 0 Å². The smallest absolute Gasteiger partial charge is 0.127 e. The zero-order valence-corrected chi connectivity index (χ0v) is 13.6. The van der Waals surface area contributed by atoms with Gasteiger partial charge in [-0.05, 0) is 17.7 Å². The van der Waals surface area contributed by atoms with Gasteiger partial charge in [0, 0.05) is 50.6 Å². The number of aryl methyl sites for hydroxylation is 1. The van der Waals surface area contributed by atoms with E-state index in [2.05, 4.69) is 38.9 Å². The van der Waals surface area contributed by atoms with Crippen molar-refractivity contribution in [3.63, 3.8) is 0 Å². The van der Waals surface area contributed by atoms with Gasteiger partial charge in [0.2, 0.25) is 0 Å². The second-order valence-corrected chi connectivity index (χ2v) is 5.65. The summed E-state index contributed by atoms with van der Waals surface area (Å²) in [5.41, 5.74) is 1.29. The number of benzene rings is 1. The van der Waals surface area contributed by atoms with Gasteiger partial charge in [-0.25, -0.2) is 4.98 Å². The molecule has 3 rings (SSSR count). The van der Waals surface area contributed by atoms with Crippen molar-refractivity contribution in [3.05, 3.63) is 53.1 Å². The first-order valence-electron chi connectivity index (χ1n) is 6.90. The van der Waals surface area contributed by atoms with Crippen LogP contribution in [-0.2, 0) is 13.6 Å². The topological polar surface area (TPSA) is 33.1 Å². The Morgan fingerprint density at radius 3 is 2.76 bits per heavy atom. The maximum absolute atomic E-state index is 5.95. The highest BCUT2D eigenvalue weighted by atomic mass is 35.5. The lowest BCUT2D eigenvalue weighted by Crippen LogP contribution is -2.46. The first kappa shape index (κ1) is 16.3. The van der Waals surface area contributed by atoms with Crippen LogP contribution in [0.1, 0.15) is 17.4 Å². The SMILES string of the molecule is Cl.Cn1ccnc1C1CNCCN1Cc1ccc(Cl)cc1. The van der Waals surface area contributed by atoms with Crippen molar-refractivity contribution < 1.29 is 0 Å². The van der Waals surface area contributed by atoms with Crippen LogP contribution in [0.4, 0.5) is 0 Å². The van der Waals surface area contributed by atoms with E-state index in [-0.39, 0.29) is 12.4 Å². The highest BCUT2D eigenvalue weighted by Crippen LogP contribution is 2.23. The van der Waals surface area contributed by atoms with Gasteiger partial charge in [0.05, 0.1) is 6.04 Å². The molecule has 0 saturated carbocycles. The highest BCUT2D eigenvalue weighted by Gasteiger charge is 2.26. The maximum atomic E-state index is 5.95. The van der Waals surface area contributed by atoms with Crippen LogP contribution >= 0.6 is 24.0 Å². The molecule has 114 valence electrons. The summed E-state index contributed by atoms with van der Waals surface area (Å²) >= 11 is 5.95. The molecule has 2 heterocycles. The van der Waals surface area contributed by atoms with Gasteiger partial charge >= 0.3 is 0 Å². The van der Waals surface area contributed by atoms with E-state index in [9.17, 15) is 0 Å². The Labute approximate surface area is 136 Å². The summed E-state index contributed by atoms with van der Waals surface area (Å²) < 4.78 is 2.10. The number of hydrogen-bond donors (Lipinski definition) is 1. The maximum Gasteiger partial charge on any atom is 0.127 e. The van der Waals surface area contributed by atoms with Gasteiger partial charge in [0.25, 0.3) is 0 Å². The molecule has 1 aliphatic heterocycles. The molecule has 1 atom stereocenters. The number of imidazole rings is 1. The zero-order chi connectivity index (χ0) is 13.9. The van der Waals surface area contributed by atoms with Crippen molar-refractivity contribution >= 4 is 24.0 Å². The predicted molar refractivity (Wildman–Crippen MR) is 87.9 cm³/mol. The second kappa shape index (κ2) is 7.27. The minimum Gasteiger partial charge on any atom is -0.337 e. The molecular weight excluding hydrogens is 307 g/mol. The van der Waals surface area contributed by atoms with E-state index in [1.165, 1.54) is 5.56 Å². The third-order valence-corrected chi connectivity index (χ3v) is 4.06. The first-order chi connectivity index (χ1) is 9.74. The minimum atomic E-state index is 0. The van der Waals surface area contributed by atoms with E-state index >= 15 is 0 Å². The van der Waals surface area contributed by atoms with Crippen LogP contribution < -0.4 is 5.32 Å². The van der Waals surface area contributed by atoms with Gasteiger partial charge in [-0.1, -0.05) is 23.7 Å². The minimum absolute atomic E-state index is 0. The lowest BCUT2D eigenvalue weighted by Gasteiger charge is -2.35. The van der Waals surface area contributed by atoms with Crippen LogP contribution in [-0.4, -0.2) is 34.1 Å². The molecule has 1 aromatic carbocycles.